The first-order chi connectivity index (χ1) is 6.09. The Bertz CT molecular complexity index is 325. The number of aryl methyl sites for hydroxylation is 1. The third kappa shape index (κ3) is 3.30. The quantitative estimate of drug-likeness (QED) is 0.631. The Balaban J connectivity index is 2.72. The molecule has 0 saturated carbocycles. The second-order valence-electron chi connectivity index (χ2n) is 2.73. The van der Waals surface area contributed by atoms with E-state index >= 15 is 0 Å². The van der Waals surface area contributed by atoms with Crippen molar-refractivity contribution in [1.29, 1.82) is 0 Å². The fourth-order valence-electron chi connectivity index (χ4n) is 0.799. The van der Waals surface area contributed by atoms with Crippen molar-refractivity contribution in [2.75, 3.05) is 6.61 Å². The minimum absolute atomic E-state index is 0.0105. The highest BCUT2D eigenvalue weighted by atomic mass is 127. The molecule has 0 bridgehead atoms. The van der Waals surface area contributed by atoms with Crippen LogP contribution in [-0.4, -0.2) is 17.4 Å². The summed E-state index contributed by atoms with van der Waals surface area (Å²) in [6.45, 7) is 3.52. The highest BCUT2D eigenvalue weighted by Crippen LogP contribution is 2.18. The van der Waals surface area contributed by atoms with Gasteiger partial charge >= 0.3 is 0 Å². The molecule has 0 radical (unpaired) electrons. The fraction of sp³-hybridized carbons (Fsp3) is 0.333. The Hall–Kier alpha value is -0.650. The predicted molar refractivity (Wildman–Crippen MR) is 57.9 cm³/mol. The number of ether oxygens (including phenoxy) is 1. The minimum atomic E-state index is 0.0105. The molecule has 0 aromatic carbocycles. The second-order valence-corrected chi connectivity index (χ2v) is 3.75. The lowest BCUT2D eigenvalue weighted by atomic mass is 10.4. The summed E-state index contributed by atoms with van der Waals surface area (Å²) in [6, 6.07) is 3.69. The molecule has 0 fully saturated rings. The number of hydrogen-bond acceptors (Lipinski definition) is 3. The number of carbonyl (C=O) groups is 1. The van der Waals surface area contributed by atoms with Gasteiger partial charge in [-0.25, -0.2) is 4.98 Å². The zero-order chi connectivity index (χ0) is 9.84. The molecule has 0 N–H and O–H groups in total. The molecule has 1 heterocycles. The molecule has 0 aliphatic heterocycles. The van der Waals surface area contributed by atoms with Gasteiger partial charge in [0.1, 0.15) is 10.3 Å². The van der Waals surface area contributed by atoms with Gasteiger partial charge in [0.05, 0.1) is 0 Å². The van der Waals surface area contributed by atoms with E-state index in [0.717, 1.165) is 9.39 Å². The smallest absolute Gasteiger partial charge is 0.167 e. The molecule has 0 spiro atoms. The zero-order valence-corrected chi connectivity index (χ0v) is 9.66. The molecule has 1 rings (SSSR count). The Labute approximate surface area is 90.6 Å². The maximum absolute atomic E-state index is 10.6. The van der Waals surface area contributed by atoms with Crippen molar-refractivity contribution in [3.8, 4) is 5.75 Å². The molecule has 0 aliphatic carbocycles. The number of pyridine rings is 1. The average Bonchev–Trinajstić information content (AvgIpc) is 2.02. The van der Waals surface area contributed by atoms with E-state index in [9.17, 15) is 4.79 Å². The van der Waals surface area contributed by atoms with Gasteiger partial charge in [0.2, 0.25) is 0 Å². The number of hydrogen-bond donors (Lipinski definition) is 0. The standard InChI is InChI=1S/C9H10INO2/c1-6-3-4-8(9(10)11-6)13-5-7(2)12/h3-4H,5H2,1-2H3. The lowest BCUT2D eigenvalue weighted by Gasteiger charge is -2.05. The molecule has 1 aromatic heterocycles. The van der Waals surface area contributed by atoms with Crippen LogP contribution < -0.4 is 4.74 Å². The van der Waals surface area contributed by atoms with Crippen molar-refractivity contribution < 1.29 is 9.53 Å². The molecule has 0 amide bonds. The van der Waals surface area contributed by atoms with Gasteiger partial charge in [-0.1, -0.05) is 0 Å². The van der Waals surface area contributed by atoms with Crippen molar-refractivity contribution in [2.24, 2.45) is 0 Å². The van der Waals surface area contributed by atoms with Gasteiger partial charge in [-0.05, 0) is 48.6 Å². The largest absolute Gasteiger partial charge is 0.483 e. The van der Waals surface area contributed by atoms with Gasteiger partial charge in [0.15, 0.2) is 11.5 Å². The van der Waals surface area contributed by atoms with Crippen molar-refractivity contribution >= 4 is 28.4 Å². The van der Waals surface area contributed by atoms with Crippen LogP contribution in [0.2, 0.25) is 0 Å². The van der Waals surface area contributed by atoms with Crippen LogP contribution in [0.5, 0.6) is 5.75 Å². The third-order valence-corrected chi connectivity index (χ3v) is 2.16. The number of Topliss-reactive ketones (excluding diaryl/α,β-unsaturated/α-hetero) is 1. The summed E-state index contributed by atoms with van der Waals surface area (Å²) in [7, 11) is 0. The van der Waals surface area contributed by atoms with E-state index in [4.69, 9.17) is 4.74 Å². The minimum Gasteiger partial charge on any atom is -0.483 e. The molecule has 3 nitrogen and oxygen atoms in total. The van der Waals surface area contributed by atoms with Gasteiger partial charge in [-0.3, -0.25) is 4.79 Å². The van der Waals surface area contributed by atoms with Gasteiger partial charge in [-0.2, -0.15) is 0 Å². The number of ketones is 1. The maximum atomic E-state index is 10.6. The predicted octanol–water partition coefficient (Wildman–Crippen LogP) is 1.96. The molecular formula is C9H10INO2. The highest BCUT2D eigenvalue weighted by molar-refractivity contribution is 14.1. The molecular weight excluding hydrogens is 281 g/mol. The van der Waals surface area contributed by atoms with Crippen LogP contribution in [0.3, 0.4) is 0 Å². The Morgan fingerprint density at radius 3 is 2.85 bits per heavy atom. The van der Waals surface area contributed by atoms with E-state index in [1.165, 1.54) is 6.92 Å². The fourth-order valence-corrected chi connectivity index (χ4v) is 1.52. The number of carbonyl (C=O) groups excluding carboxylic acids is 1. The van der Waals surface area contributed by atoms with Crippen molar-refractivity contribution in [2.45, 2.75) is 13.8 Å². The molecule has 4 heteroatoms. The van der Waals surface area contributed by atoms with Gasteiger partial charge < -0.3 is 4.74 Å². The number of aromatic nitrogens is 1. The lowest BCUT2D eigenvalue weighted by Crippen LogP contribution is -2.07. The van der Waals surface area contributed by atoms with E-state index < -0.39 is 0 Å². The molecule has 0 saturated heterocycles. The summed E-state index contributed by atoms with van der Waals surface area (Å²) in [5, 5.41) is 0. The normalized spacial score (nSPS) is 9.77. The van der Waals surface area contributed by atoms with Crippen LogP contribution in [0.25, 0.3) is 0 Å². The second kappa shape index (κ2) is 4.55. The Morgan fingerprint density at radius 1 is 1.62 bits per heavy atom. The highest BCUT2D eigenvalue weighted by Gasteiger charge is 2.03. The third-order valence-electron chi connectivity index (χ3n) is 1.38. The van der Waals surface area contributed by atoms with Gasteiger partial charge in [-0.15, -0.1) is 0 Å². The lowest BCUT2D eigenvalue weighted by molar-refractivity contribution is -0.118. The number of nitrogens with zero attached hydrogens (tertiary/aromatic N) is 1. The Morgan fingerprint density at radius 2 is 2.31 bits per heavy atom. The molecule has 1 aromatic rings. The van der Waals surface area contributed by atoms with Crippen LogP contribution in [0, 0.1) is 10.6 Å². The molecule has 0 unspecified atom stereocenters. The van der Waals surface area contributed by atoms with Crippen LogP contribution in [0.4, 0.5) is 0 Å². The maximum Gasteiger partial charge on any atom is 0.167 e. The van der Waals surface area contributed by atoms with Crippen LogP contribution in [-0.2, 0) is 4.79 Å². The summed E-state index contributed by atoms with van der Waals surface area (Å²) >= 11 is 2.09. The molecule has 13 heavy (non-hydrogen) atoms. The number of halogens is 1. The molecule has 0 atom stereocenters. The summed E-state index contributed by atoms with van der Waals surface area (Å²) in [6.07, 6.45) is 0. The first-order valence-corrected chi connectivity index (χ1v) is 4.93. The first-order valence-electron chi connectivity index (χ1n) is 3.85. The van der Waals surface area contributed by atoms with Gasteiger partial charge in [0.25, 0.3) is 0 Å². The summed E-state index contributed by atoms with van der Waals surface area (Å²) in [5.41, 5.74) is 0.944. The topological polar surface area (TPSA) is 39.2 Å². The van der Waals surface area contributed by atoms with Crippen LogP contribution in [0.1, 0.15) is 12.6 Å². The number of rotatable bonds is 3. The van der Waals surface area contributed by atoms with E-state index in [2.05, 4.69) is 27.6 Å². The van der Waals surface area contributed by atoms with Crippen molar-refractivity contribution in [3.05, 3.63) is 21.5 Å². The van der Waals surface area contributed by atoms with E-state index in [-0.39, 0.29) is 12.4 Å². The summed E-state index contributed by atoms with van der Waals surface area (Å²) in [5.74, 6) is 0.678. The van der Waals surface area contributed by atoms with Gasteiger partial charge in [0, 0.05) is 5.69 Å². The van der Waals surface area contributed by atoms with E-state index in [1.54, 1.807) is 0 Å². The summed E-state index contributed by atoms with van der Waals surface area (Å²) in [4.78, 5) is 14.8. The monoisotopic (exact) mass is 291 g/mol. The Kier molecular flexibility index (Phi) is 3.65. The summed E-state index contributed by atoms with van der Waals surface area (Å²) < 4.78 is 6.02. The van der Waals surface area contributed by atoms with E-state index in [0.29, 0.717) is 5.75 Å². The SMILES string of the molecule is CC(=O)COc1ccc(C)nc1I. The van der Waals surface area contributed by atoms with Crippen LogP contribution in [0.15, 0.2) is 12.1 Å². The molecule has 70 valence electrons. The van der Waals surface area contributed by atoms with Crippen LogP contribution >= 0.6 is 22.6 Å². The average molecular weight is 291 g/mol. The molecule has 0 aliphatic rings. The zero-order valence-electron chi connectivity index (χ0n) is 7.50. The van der Waals surface area contributed by atoms with Crippen molar-refractivity contribution in [3.63, 3.8) is 0 Å². The first kappa shape index (κ1) is 10.4. The van der Waals surface area contributed by atoms with Crippen molar-refractivity contribution in [1.82, 2.24) is 4.98 Å². The van der Waals surface area contributed by atoms with E-state index in [1.807, 2.05) is 19.1 Å².